The molecule has 2 N–H and O–H groups in total. The van der Waals surface area contributed by atoms with Gasteiger partial charge in [-0.2, -0.15) is 5.10 Å². The molecule has 2 aromatic carbocycles. The number of nitrogens with zero attached hydrogens (tertiary/aromatic N) is 1. The third-order valence-corrected chi connectivity index (χ3v) is 2.96. The van der Waals surface area contributed by atoms with Crippen molar-refractivity contribution < 1.29 is 0 Å². The number of thiocarbonyl (C=S) groups is 1. The van der Waals surface area contributed by atoms with Crippen molar-refractivity contribution in [2.75, 3.05) is 6.54 Å². The topological polar surface area (TPSA) is 36.4 Å². The zero-order valence-electron chi connectivity index (χ0n) is 11.1. The van der Waals surface area contributed by atoms with E-state index in [4.69, 9.17) is 12.2 Å². The average molecular weight is 283 g/mol. The molecule has 0 aromatic heterocycles. The molecule has 0 aliphatic carbocycles. The zero-order chi connectivity index (χ0) is 14.0. The molecule has 2 rings (SSSR count). The van der Waals surface area contributed by atoms with Crippen LogP contribution in [0.15, 0.2) is 65.8 Å². The standard InChI is InChI=1S/C16H17N3S/c20-16(17-12-11-14-7-3-1-4-8-14)19-18-13-15-9-5-2-6-10-15/h1-10,13H,11-12H2,(H2,17,19,20)/b18-13+. The highest BCUT2D eigenvalue weighted by atomic mass is 32.1. The lowest BCUT2D eigenvalue weighted by Crippen LogP contribution is -2.33. The van der Waals surface area contributed by atoms with Crippen LogP contribution in [0.3, 0.4) is 0 Å². The van der Waals surface area contributed by atoms with E-state index in [-0.39, 0.29) is 0 Å². The van der Waals surface area contributed by atoms with Crippen LogP contribution >= 0.6 is 12.2 Å². The second kappa shape index (κ2) is 8.07. The fourth-order valence-corrected chi connectivity index (χ4v) is 1.86. The van der Waals surface area contributed by atoms with Crippen molar-refractivity contribution in [3.63, 3.8) is 0 Å². The predicted octanol–water partition coefficient (Wildman–Crippen LogP) is 2.73. The first-order valence-electron chi connectivity index (χ1n) is 6.50. The fraction of sp³-hybridized carbons (Fsp3) is 0.125. The predicted molar refractivity (Wildman–Crippen MR) is 87.9 cm³/mol. The smallest absolute Gasteiger partial charge is 0.186 e. The molecule has 3 nitrogen and oxygen atoms in total. The summed E-state index contributed by atoms with van der Waals surface area (Å²) < 4.78 is 0. The van der Waals surface area contributed by atoms with Crippen LogP contribution in [0.4, 0.5) is 0 Å². The summed E-state index contributed by atoms with van der Waals surface area (Å²) in [7, 11) is 0. The molecule has 0 saturated heterocycles. The van der Waals surface area contributed by atoms with Crippen LogP contribution in [-0.4, -0.2) is 17.9 Å². The fourth-order valence-electron chi connectivity index (χ4n) is 1.71. The Morgan fingerprint density at radius 3 is 2.35 bits per heavy atom. The summed E-state index contributed by atoms with van der Waals surface area (Å²) in [4.78, 5) is 0. The van der Waals surface area contributed by atoms with Crippen LogP contribution in [0.5, 0.6) is 0 Å². The zero-order valence-corrected chi connectivity index (χ0v) is 11.9. The molecule has 20 heavy (non-hydrogen) atoms. The SMILES string of the molecule is S=C(NCCc1ccccc1)N/N=C/c1ccccc1. The minimum atomic E-state index is 0.535. The molecule has 102 valence electrons. The van der Waals surface area contributed by atoms with Crippen LogP contribution in [0.2, 0.25) is 0 Å². The Labute approximate surface area is 124 Å². The summed E-state index contributed by atoms with van der Waals surface area (Å²) in [5, 5.41) is 7.75. The molecule has 0 unspecified atom stereocenters. The minimum absolute atomic E-state index is 0.535. The highest BCUT2D eigenvalue weighted by Crippen LogP contribution is 1.98. The largest absolute Gasteiger partial charge is 0.361 e. The van der Waals surface area contributed by atoms with Crippen molar-refractivity contribution in [3.05, 3.63) is 71.8 Å². The number of hydrogen-bond acceptors (Lipinski definition) is 2. The molecule has 0 spiro atoms. The lowest BCUT2D eigenvalue weighted by molar-refractivity contribution is 0.838. The van der Waals surface area contributed by atoms with Gasteiger partial charge in [0.1, 0.15) is 0 Å². The summed E-state index contributed by atoms with van der Waals surface area (Å²) in [6, 6.07) is 20.2. The number of nitrogens with one attached hydrogen (secondary N) is 2. The van der Waals surface area contributed by atoms with Crippen molar-refractivity contribution in [2.24, 2.45) is 5.10 Å². The summed E-state index contributed by atoms with van der Waals surface area (Å²) >= 11 is 5.15. The van der Waals surface area contributed by atoms with E-state index in [2.05, 4.69) is 28.0 Å². The number of rotatable bonds is 5. The Kier molecular flexibility index (Phi) is 5.73. The monoisotopic (exact) mass is 283 g/mol. The maximum absolute atomic E-state index is 5.15. The highest BCUT2D eigenvalue weighted by Gasteiger charge is 1.94. The number of hydrogen-bond donors (Lipinski definition) is 2. The van der Waals surface area contributed by atoms with Crippen LogP contribution in [0.1, 0.15) is 11.1 Å². The quantitative estimate of drug-likeness (QED) is 0.503. The van der Waals surface area contributed by atoms with Crippen molar-refractivity contribution in [3.8, 4) is 0 Å². The van der Waals surface area contributed by atoms with Crippen LogP contribution in [-0.2, 0) is 6.42 Å². The maximum Gasteiger partial charge on any atom is 0.186 e. The van der Waals surface area contributed by atoms with Gasteiger partial charge < -0.3 is 5.32 Å². The molecule has 4 heteroatoms. The molecule has 0 fully saturated rings. The van der Waals surface area contributed by atoms with Gasteiger partial charge in [0.2, 0.25) is 0 Å². The molecular weight excluding hydrogens is 266 g/mol. The molecular formula is C16H17N3S. The van der Waals surface area contributed by atoms with E-state index >= 15 is 0 Å². The lowest BCUT2D eigenvalue weighted by Gasteiger charge is -2.06. The van der Waals surface area contributed by atoms with Gasteiger partial charge in [0.05, 0.1) is 6.21 Å². The summed E-state index contributed by atoms with van der Waals surface area (Å²) in [6.07, 6.45) is 2.68. The van der Waals surface area contributed by atoms with Gasteiger partial charge in [-0.25, -0.2) is 0 Å². The first kappa shape index (κ1) is 14.2. The van der Waals surface area contributed by atoms with Gasteiger partial charge in [-0.3, -0.25) is 5.43 Å². The maximum atomic E-state index is 5.15. The molecule has 0 amide bonds. The van der Waals surface area contributed by atoms with E-state index in [1.807, 2.05) is 48.5 Å². The molecule has 0 bridgehead atoms. The Balaban J connectivity index is 1.67. The summed E-state index contributed by atoms with van der Waals surface area (Å²) in [5.41, 5.74) is 5.13. The van der Waals surface area contributed by atoms with Gasteiger partial charge in [0.25, 0.3) is 0 Å². The summed E-state index contributed by atoms with van der Waals surface area (Å²) in [6.45, 7) is 0.788. The van der Waals surface area contributed by atoms with E-state index in [1.54, 1.807) is 6.21 Å². The Bertz CT molecular complexity index is 552. The van der Waals surface area contributed by atoms with Gasteiger partial charge in [-0.1, -0.05) is 60.7 Å². The van der Waals surface area contributed by atoms with Crippen molar-refractivity contribution in [1.29, 1.82) is 0 Å². The molecule has 2 aromatic rings. The van der Waals surface area contributed by atoms with E-state index in [0.717, 1.165) is 18.5 Å². The van der Waals surface area contributed by atoms with E-state index < -0.39 is 0 Å². The minimum Gasteiger partial charge on any atom is -0.361 e. The van der Waals surface area contributed by atoms with E-state index in [0.29, 0.717) is 5.11 Å². The molecule has 0 heterocycles. The first-order valence-corrected chi connectivity index (χ1v) is 6.91. The Hall–Kier alpha value is -2.20. The van der Waals surface area contributed by atoms with Crippen LogP contribution < -0.4 is 10.7 Å². The summed E-state index contributed by atoms with van der Waals surface area (Å²) in [5.74, 6) is 0. The molecule has 0 aliphatic heterocycles. The van der Waals surface area contributed by atoms with E-state index in [1.165, 1.54) is 5.56 Å². The van der Waals surface area contributed by atoms with Gasteiger partial charge in [-0.05, 0) is 29.8 Å². The van der Waals surface area contributed by atoms with E-state index in [9.17, 15) is 0 Å². The van der Waals surface area contributed by atoms with Crippen LogP contribution in [0.25, 0.3) is 0 Å². The van der Waals surface area contributed by atoms with Gasteiger partial charge in [0.15, 0.2) is 5.11 Å². The highest BCUT2D eigenvalue weighted by molar-refractivity contribution is 7.80. The molecule has 0 saturated carbocycles. The normalized spacial score (nSPS) is 10.4. The van der Waals surface area contributed by atoms with Gasteiger partial charge >= 0.3 is 0 Å². The van der Waals surface area contributed by atoms with Gasteiger partial charge in [-0.15, -0.1) is 0 Å². The second-order valence-corrected chi connectivity index (χ2v) is 4.68. The van der Waals surface area contributed by atoms with Crippen molar-refractivity contribution in [1.82, 2.24) is 10.7 Å². The van der Waals surface area contributed by atoms with Crippen molar-refractivity contribution >= 4 is 23.5 Å². The Morgan fingerprint density at radius 1 is 1.00 bits per heavy atom. The Morgan fingerprint density at radius 2 is 1.65 bits per heavy atom. The molecule has 0 radical (unpaired) electrons. The average Bonchev–Trinajstić information content (AvgIpc) is 2.49. The number of hydrazone groups is 1. The van der Waals surface area contributed by atoms with Crippen molar-refractivity contribution in [2.45, 2.75) is 6.42 Å². The van der Waals surface area contributed by atoms with Gasteiger partial charge in [0, 0.05) is 6.54 Å². The second-order valence-electron chi connectivity index (χ2n) is 4.27. The first-order chi connectivity index (χ1) is 9.84. The lowest BCUT2D eigenvalue weighted by atomic mass is 10.1. The number of benzene rings is 2. The molecule has 0 aliphatic rings. The molecule has 0 atom stereocenters. The third kappa shape index (κ3) is 5.20. The third-order valence-electron chi connectivity index (χ3n) is 2.72. The van der Waals surface area contributed by atoms with Crippen LogP contribution in [0, 0.1) is 0 Å².